The number of hydrogen-bond donors (Lipinski definition) is 1. The van der Waals surface area contributed by atoms with Gasteiger partial charge >= 0.3 is 0 Å². The minimum absolute atomic E-state index is 0.0530. The molecule has 5 nitrogen and oxygen atoms in total. The van der Waals surface area contributed by atoms with Gasteiger partial charge < -0.3 is 20.3 Å². The van der Waals surface area contributed by atoms with E-state index in [4.69, 9.17) is 10.5 Å². The maximum absolute atomic E-state index is 13.6. The molecule has 0 saturated carbocycles. The van der Waals surface area contributed by atoms with Crippen molar-refractivity contribution in [1.29, 1.82) is 0 Å². The Morgan fingerprint density at radius 2 is 1.78 bits per heavy atom. The molecule has 1 fully saturated rings. The Kier molecular flexibility index (Phi) is 5.96. The Hall–Kier alpha value is -2.60. The van der Waals surface area contributed by atoms with Crippen molar-refractivity contribution in [2.24, 2.45) is 11.7 Å². The van der Waals surface area contributed by atoms with Crippen molar-refractivity contribution in [3.8, 4) is 5.75 Å². The minimum atomic E-state index is -0.333. The molecule has 1 heterocycles. The van der Waals surface area contributed by atoms with Gasteiger partial charge in [0.15, 0.2) is 0 Å². The average Bonchev–Trinajstić information content (AvgIpc) is 2.73. The summed E-state index contributed by atoms with van der Waals surface area (Å²) >= 11 is 0. The molecule has 1 saturated heterocycles. The van der Waals surface area contributed by atoms with Crippen LogP contribution in [0.2, 0.25) is 0 Å². The van der Waals surface area contributed by atoms with Crippen molar-refractivity contribution in [1.82, 2.24) is 4.90 Å². The van der Waals surface area contributed by atoms with E-state index in [1.54, 1.807) is 13.2 Å². The van der Waals surface area contributed by atoms with Crippen molar-refractivity contribution in [3.63, 3.8) is 0 Å². The Morgan fingerprint density at radius 3 is 2.41 bits per heavy atom. The predicted octanol–water partition coefficient (Wildman–Crippen LogP) is 2.82. The normalized spacial score (nSPS) is 16.7. The summed E-state index contributed by atoms with van der Waals surface area (Å²) in [6.45, 7) is 4.27. The molecule has 1 unspecified atom stereocenters. The molecule has 6 heteroatoms. The molecule has 1 aliphatic rings. The van der Waals surface area contributed by atoms with Crippen LogP contribution in [0.25, 0.3) is 0 Å². The fourth-order valence-electron chi connectivity index (χ4n) is 3.48. The first-order valence-electron chi connectivity index (χ1n) is 9.19. The number of nitrogens with zero attached hydrogens (tertiary/aromatic N) is 2. The lowest BCUT2D eigenvalue weighted by atomic mass is 9.94. The zero-order valence-electron chi connectivity index (χ0n) is 15.8. The monoisotopic (exact) mass is 371 g/mol. The predicted molar refractivity (Wildman–Crippen MR) is 104 cm³/mol. The van der Waals surface area contributed by atoms with Crippen LogP contribution in [0.4, 0.5) is 10.1 Å². The van der Waals surface area contributed by atoms with Crippen molar-refractivity contribution in [2.75, 3.05) is 38.2 Å². The Balaban J connectivity index is 1.63. The number of hydrogen-bond acceptors (Lipinski definition) is 4. The molecule has 3 rings (SSSR count). The molecule has 2 aromatic carbocycles. The summed E-state index contributed by atoms with van der Waals surface area (Å²) in [5.74, 6) is 0.0854. The SMILES string of the molecule is COc1ccc(F)cc1N1CCN(C(=O)[C@H](C)C(N)c2ccccc2)CC1. The highest BCUT2D eigenvalue weighted by Crippen LogP contribution is 2.30. The zero-order valence-corrected chi connectivity index (χ0v) is 15.8. The minimum Gasteiger partial charge on any atom is -0.495 e. The molecular formula is C21H26FN3O2. The van der Waals surface area contributed by atoms with Gasteiger partial charge in [-0.1, -0.05) is 37.3 Å². The topological polar surface area (TPSA) is 58.8 Å². The van der Waals surface area contributed by atoms with Gasteiger partial charge in [-0.2, -0.15) is 0 Å². The largest absolute Gasteiger partial charge is 0.495 e. The van der Waals surface area contributed by atoms with Gasteiger partial charge in [0.25, 0.3) is 0 Å². The van der Waals surface area contributed by atoms with Gasteiger partial charge in [0, 0.05) is 38.3 Å². The second-order valence-electron chi connectivity index (χ2n) is 6.85. The number of piperazine rings is 1. The van der Waals surface area contributed by atoms with Crippen LogP contribution in [0.3, 0.4) is 0 Å². The molecule has 27 heavy (non-hydrogen) atoms. The first-order chi connectivity index (χ1) is 13.0. The van der Waals surface area contributed by atoms with Crippen molar-refractivity contribution in [3.05, 3.63) is 59.9 Å². The highest BCUT2D eigenvalue weighted by molar-refractivity contribution is 5.80. The van der Waals surface area contributed by atoms with E-state index in [1.807, 2.05) is 47.1 Å². The van der Waals surface area contributed by atoms with Crippen LogP contribution in [-0.4, -0.2) is 44.1 Å². The lowest BCUT2D eigenvalue weighted by Crippen LogP contribution is -2.51. The fourth-order valence-corrected chi connectivity index (χ4v) is 3.48. The van der Waals surface area contributed by atoms with Gasteiger partial charge in [0.2, 0.25) is 5.91 Å². The molecule has 2 atom stereocenters. The first kappa shape index (κ1) is 19.2. The smallest absolute Gasteiger partial charge is 0.227 e. The van der Waals surface area contributed by atoms with Gasteiger partial charge in [0.05, 0.1) is 18.7 Å². The number of carbonyl (C=O) groups is 1. The molecule has 0 bridgehead atoms. The van der Waals surface area contributed by atoms with Crippen LogP contribution < -0.4 is 15.4 Å². The number of halogens is 1. The first-order valence-corrected chi connectivity index (χ1v) is 9.19. The van der Waals surface area contributed by atoms with E-state index in [1.165, 1.54) is 12.1 Å². The number of methoxy groups -OCH3 is 1. The summed E-state index contributed by atoms with van der Waals surface area (Å²) in [7, 11) is 1.57. The number of nitrogens with two attached hydrogens (primary N) is 1. The summed E-state index contributed by atoms with van der Waals surface area (Å²) in [4.78, 5) is 16.8. The molecular weight excluding hydrogens is 345 g/mol. The number of anilines is 1. The maximum Gasteiger partial charge on any atom is 0.227 e. The van der Waals surface area contributed by atoms with Crippen LogP contribution in [0.1, 0.15) is 18.5 Å². The van der Waals surface area contributed by atoms with Gasteiger partial charge in [-0.3, -0.25) is 4.79 Å². The third kappa shape index (κ3) is 4.22. The van der Waals surface area contributed by atoms with E-state index in [2.05, 4.69) is 0 Å². The van der Waals surface area contributed by atoms with Crippen LogP contribution in [0.15, 0.2) is 48.5 Å². The highest BCUT2D eigenvalue weighted by atomic mass is 19.1. The van der Waals surface area contributed by atoms with Crippen LogP contribution in [-0.2, 0) is 4.79 Å². The highest BCUT2D eigenvalue weighted by Gasteiger charge is 2.29. The molecule has 1 amide bonds. The number of rotatable bonds is 5. The molecule has 0 spiro atoms. The van der Waals surface area contributed by atoms with Gasteiger partial charge in [-0.05, 0) is 17.7 Å². The molecule has 2 N–H and O–H groups in total. The zero-order chi connectivity index (χ0) is 19.4. The number of amides is 1. The second-order valence-corrected chi connectivity index (χ2v) is 6.85. The van der Waals surface area contributed by atoms with Gasteiger partial charge in [-0.15, -0.1) is 0 Å². The van der Waals surface area contributed by atoms with Crippen molar-refractivity contribution < 1.29 is 13.9 Å². The van der Waals surface area contributed by atoms with Gasteiger partial charge in [0.1, 0.15) is 11.6 Å². The maximum atomic E-state index is 13.6. The second kappa shape index (κ2) is 8.39. The van der Waals surface area contributed by atoms with E-state index < -0.39 is 0 Å². The summed E-state index contributed by atoms with van der Waals surface area (Å²) < 4.78 is 19.0. The van der Waals surface area contributed by atoms with Gasteiger partial charge in [-0.25, -0.2) is 4.39 Å². The van der Waals surface area contributed by atoms with Crippen LogP contribution in [0.5, 0.6) is 5.75 Å². The number of benzene rings is 2. The summed E-state index contributed by atoms with van der Waals surface area (Å²) in [6.07, 6.45) is 0. The van der Waals surface area contributed by atoms with E-state index in [0.29, 0.717) is 31.9 Å². The van der Waals surface area contributed by atoms with E-state index in [9.17, 15) is 9.18 Å². The quantitative estimate of drug-likeness (QED) is 0.878. The van der Waals surface area contributed by atoms with Crippen LogP contribution in [0, 0.1) is 11.7 Å². The molecule has 0 aromatic heterocycles. The lowest BCUT2D eigenvalue weighted by molar-refractivity contribution is -0.136. The van der Waals surface area contributed by atoms with Crippen LogP contribution >= 0.6 is 0 Å². The summed E-state index contributed by atoms with van der Waals surface area (Å²) in [5, 5.41) is 0. The Bertz CT molecular complexity index is 776. The number of carbonyl (C=O) groups excluding carboxylic acids is 1. The summed E-state index contributed by atoms with van der Waals surface area (Å²) in [6, 6.07) is 13.8. The third-order valence-corrected chi connectivity index (χ3v) is 5.19. The molecule has 0 aliphatic carbocycles. The van der Waals surface area contributed by atoms with E-state index >= 15 is 0 Å². The third-order valence-electron chi connectivity index (χ3n) is 5.19. The van der Waals surface area contributed by atoms with Crippen molar-refractivity contribution >= 4 is 11.6 Å². The van der Waals surface area contributed by atoms with E-state index in [0.717, 1.165) is 11.3 Å². The average molecular weight is 371 g/mol. The standard InChI is InChI=1S/C21H26FN3O2/c1-15(20(23)16-6-4-3-5-7-16)21(26)25-12-10-24(11-13-25)18-14-17(22)8-9-19(18)27-2/h3-9,14-15,20H,10-13,23H2,1-2H3/t15-,20?/m1/s1. The summed E-state index contributed by atoms with van der Waals surface area (Å²) in [5.41, 5.74) is 7.98. The Labute approximate surface area is 159 Å². The molecule has 144 valence electrons. The number of ether oxygens (including phenoxy) is 1. The lowest BCUT2D eigenvalue weighted by Gasteiger charge is -2.38. The van der Waals surface area contributed by atoms with E-state index in [-0.39, 0.29) is 23.7 Å². The Morgan fingerprint density at radius 1 is 1.11 bits per heavy atom. The fraction of sp³-hybridized carbons (Fsp3) is 0.381. The van der Waals surface area contributed by atoms with Crippen molar-refractivity contribution in [2.45, 2.75) is 13.0 Å². The molecule has 1 aliphatic heterocycles. The molecule has 2 aromatic rings. The molecule has 0 radical (unpaired) electrons.